The molecule has 4 nitrogen and oxygen atoms in total. The van der Waals surface area contributed by atoms with Crippen molar-refractivity contribution in [3.05, 3.63) is 17.7 Å². The number of likely N-dealkylation sites (N-methyl/N-ethyl adjacent to an activating group) is 1. The number of hydrogen-bond donors (Lipinski definition) is 1. The Morgan fingerprint density at radius 2 is 2.57 bits per heavy atom. The first-order valence-electron chi connectivity index (χ1n) is 4.93. The number of H-pyrrole nitrogens is 1. The average Bonchev–Trinajstić information content (AvgIpc) is 2.66. The van der Waals surface area contributed by atoms with Crippen LogP contribution in [-0.4, -0.2) is 35.0 Å². The highest BCUT2D eigenvalue weighted by molar-refractivity contribution is 5.17. The van der Waals surface area contributed by atoms with Gasteiger partial charge in [-0.2, -0.15) is 5.26 Å². The van der Waals surface area contributed by atoms with Crippen molar-refractivity contribution in [1.29, 1.82) is 5.26 Å². The lowest BCUT2D eigenvalue weighted by Crippen LogP contribution is -2.30. The molecule has 0 aromatic carbocycles. The summed E-state index contributed by atoms with van der Waals surface area (Å²) in [5.41, 5.74) is 1.10. The first kappa shape index (κ1) is 9.22. The van der Waals surface area contributed by atoms with Crippen LogP contribution in [0.5, 0.6) is 0 Å². The van der Waals surface area contributed by atoms with Gasteiger partial charge in [-0.15, -0.1) is 0 Å². The van der Waals surface area contributed by atoms with Crippen molar-refractivity contribution in [2.75, 3.05) is 20.1 Å². The molecule has 0 radical (unpaired) electrons. The average molecular weight is 190 g/mol. The third-order valence-corrected chi connectivity index (χ3v) is 2.77. The Morgan fingerprint density at radius 3 is 3.21 bits per heavy atom. The highest BCUT2D eigenvalue weighted by Crippen LogP contribution is 2.24. The molecule has 1 unspecified atom stereocenters. The van der Waals surface area contributed by atoms with Crippen LogP contribution < -0.4 is 0 Å². The summed E-state index contributed by atoms with van der Waals surface area (Å²) in [7, 11) is 2.13. The number of nitriles is 1. The highest BCUT2D eigenvalue weighted by Gasteiger charge is 2.20. The van der Waals surface area contributed by atoms with Crippen molar-refractivity contribution in [2.24, 2.45) is 0 Å². The second-order valence-electron chi connectivity index (χ2n) is 3.90. The number of aromatic amines is 1. The van der Waals surface area contributed by atoms with E-state index in [4.69, 9.17) is 5.26 Å². The molecule has 1 saturated heterocycles. The normalized spacial score (nSPS) is 23.3. The minimum Gasteiger partial charge on any atom is -0.333 e. The zero-order valence-corrected chi connectivity index (χ0v) is 8.32. The standard InChI is InChI=1S/C10H14N4/c1-14-4-2-3-8(7-14)9-6-12-10(5-11)13-9/h6,8H,2-4,7H2,1H3,(H,12,13). The van der Waals surface area contributed by atoms with Gasteiger partial charge in [-0.05, 0) is 26.4 Å². The molecule has 0 bridgehead atoms. The van der Waals surface area contributed by atoms with Gasteiger partial charge in [0.05, 0.1) is 0 Å². The molecule has 0 spiro atoms. The molecule has 1 aromatic heterocycles. The highest BCUT2D eigenvalue weighted by atomic mass is 15.1. The molecule has 1 aromatic rings. The number of nitrogens with one attached hydrogen (secondary N) is 1. The third kappa shape index (κ3) is 1.78. The topological polar surface area (TPSA) is 55.7 Å². The second-order valence-corrected chi connectivity index (χ2v) is 3.90. The van der Waals surface area contributed by atoms with E-state index >= 15 is 0 Å². The van der Waals surface area contributed by atoms with Crippen molar-refractivity contribution < 1.29 is 0 Å². The first-order valence-corrected chi connectivity index (χ1v) is 4.93. The lowest BCUT2D eigenvalue weighted by Gasteiger charge is -2.28. The molecule has 0 saturated carbocycles. The zero-order valence-electron chi connectivity index (χ0n) is 8.32. The smallest absolute Gasteiger partial charge is 0.210 e. The summed E-state index contributed by atoms with van der Waals surface area (Å²) in [6.45, 7) is 2.24. The fourth-order valence-electron chi connectivity index (χ4n) is 2.02. The molecule has 14 heavy (non-hydrogen) atoms. The summed E-state index contributed by atoms with van der Waals surface area (Å²) < 4.78 is 0. The number of nitrogens with zero attached hydrogens (tertiary/aromatic N) is 3. The lowest BCUT2D eigenvalue weighted by molar-refractivity contribution is 0.249. The van der Waals surface area contributed by atoms with E-state index in [1.807, 2.05) is 6.07 Å². The minimum atomic E-state index is 0.424. The number of hydrogen-bond acceptors (Lipinski definition) is 3. The zero-order chi connectivity index (χ0) is 9.97. The Labute approximate surface area is 83.6 Å². The fraction of sp³-hybridized carbons (Fsp3) is 0.600. The van der Waals surface area contributed by atoms with Gasteiger partial charge in [0.15, 0.2) is 0 Å². The SMILES string of the molecule is CN1CCCC(c2cnc(C#N)[nH]2)C1. The van der Waals surface area contributed by atoms with Gasteiger partial charge in [-0.1, -0.05) is 0 Å². The summed E-state index contributed by atoms with van der Waals surface area (Å²) in [5, 5.41) is 8.65. The van der Waals surface area contributed by atoms with Gasteiger partial charge in [0.1, 0.15) is 6.07 Å². The molecule has 2 heterocycles. The third-order valence-electron chi connectivity index (χ3n) is 2.77. The second kappa shape index (κ2) is 3.81. The van der Waals surface area contributed by atoms with Crippen LogP contribution in [-0.2, 0) is 0 Å². The predicted octanol–water partition coefficient (Wildman–Crippen LogP) is 1.09. The molecule has 74 valence electrons. The Bertz CT molecular complexity index is 349. The Hall–Kier alpha value is -1.34. The first-order chi connectivity index (χ1) is 6.79. The van der Waals surface area contributed by atoms with Gasteiger partial charge < -0.3 is 9.88 Å². The predicted molar refractivity (Wildman–Crippen MR) is 52.8 cm³/mol. The number of rotatable bonds is 1. The van der Waals surface area contributed by atoms with E-state index in [1.165, 1.54) is 19.4 Å². The van der Waals surface area contributed by atoms with Crippen LogP contribution in [0, 0.1) is 11.3 Å². The molecule has 1 N–H and O–H groups in total. The monoisotopic (exact) mass is 190 g/mol. The van der Waals surface area contributed by atoms with Gasteiger partial charge in [-0.25, -0.2) is 4.98 Å². The van der Waals surface area contributed by atoms with Gasteiger partial charge in [0.25, 0.3) is 0 Å². The Kier molecular flexibility index (Phi) is 2.51. The van der Waals surface area contributed by atoms with E-state index in [0.717, 1.165) is 12.2 Å². The van der Waals surface area contributed by atoms with Gasteiger partial charge in [0, 0.05) is 24.4 Å². The van der Waals surface area contributed by atoms with Crippen LogP contribution in [0.2, 0.25) is 0 Å². The van der Waals surface area contributed by atoms with Gasteiger partial charge in [-0.3, -0.25) is 0 Å². The maximum absolute atomic E-state index is 8.65. The van der Waals surface area contributed by atoms with E-state index in [9.17, 15) is 0 Å². The van der Waals surface area contributed by atoms with Crippen molar-refractivity contribution in [3.63, 3.8) is 0 Å². The molecule has 1 atom stereocenters. The van der Waals surface area contributed by atoms with E-state index < -0.39 is 0 Å². The molecule has 1 fully saturated rings. The van der Waals surface area contributed by atoms with E-state index in [2.05, 4.69) is 21.9 Å². The fourth-order valence-corrected chi connectivity index (χ4v) is 2.02. The van der Waals surface area contributed by atoms with Crippen LogP contribution in [0.1, 0.15) is 30.3 Å². The molecule has 0 amide bonds. The van der Waals surface area contributed by atoms with E-state index in [0.29, 0.717) is 11.7 Å². The van der Waals surface area contributed by atoms with Crippen molar-refractivity contribution in [3.8, 4) is 6.07 Å². The summed E-state index contributed by atoms with van der Waals surface area (Å²) in [4.78, 5) is 9.37. The lowest BCUT2D eigenvalue weighted by atomic mass is 9.96. The quantitative estimate of drug-likeness (QED) is 0.721. The molecular weight excluding hydrogens is 176 g/mol. The van der Waals surface area contributed by atoms with Gasteiger partial charge >= 0.3 is 0 Å². The summed E-state index contributed by atoms with van der Waals surface area (Å²) in [6.07, 6.45) is 4.21. The molecule has 2 rings (SSSR count). The van der Waals surface area contributed by atoms with Crippen LogP contribution in [0.15, 0.2) is 6.20 Å². The summed E-state index contributed by atoms with van der Waals surface area (Å²) in [5.74, 6) is 0.941. The maximum atomic E-state index is 8.65. The molecule has 4 heteroatoms. The van der Waals surface area contributed by atoms with Crippen molar-refractivity contribution in [2.45, 2.75) is 18.8 Å². The Morgan fingerprint density at radius 1 is 1.71 bits per heavy atom. The van der Waals surface area contributed by atoms with Crippen LogP contribution in [0.25, 0.3) is 0 Å². The molecule has 0 aliphatic carbocycles. The molecular formula is C10H14N4. The number of piperidine rings is 1. The maximum Gasteiger partial charge on any atom is 0.210 e. The number of imidazole rings is 1. The number of likely N-dealkylation sites (tertiary alicyclic amines) is 1. The minimum absolute atomic E-state index is 0.424. The Balaban J connectivity index is 2.10. The van der Waals surface area contributed by atoms with E-state index in [1.54, 1.807) is 6.20 Å². The molecule has 1 aliphatic heterocycles. The summed E-state index contributed by atoms with van der Waals surface area (Å²) >= 11 is 0. The molecule has 1 aliphatic rings. The van der Waals surface area contributed by atoms with E-state index in [-0.39, 0.29) is 0 Å². The van der Waals surface area contributed by atoms with Crippen LogP contribution in [0.3, 0.4) is 0 Å². The summed E-state index contributed by atoms with van der Waals surface area (Å²) in [6, 6.07) is 2.02. The van der Waals surface area contributed by atoms with Crippen molar-refractivity contribution in [1.82, 2.24) is 14.9 Å². The van der Waals surface area contributed by atoms with Gasteiger partial charge in [0.2, 0.25) is 5.82 Å². The van der Waals surface area contributed by atoms with Crippen LogP contribution in [0.4, 0.5) is 0 Å². The van der Waals surface area contributed by atoms with Crippen molar-refractivity contribution >= 4 is 0 Å². The van der Waals surface area contributed by atoms with Crippen LogP contribution >= 0.6 is 0 Å². The largest absolute Gasteiger partial charge is 0.333 e. The number of aromatic nitrogens is 2.